The van der Waals surface area contributed by atoms with E-state index in [0.29, 0.717) is 18.6 Å². The molecular weight excluding hydrogens is 462 g/mol. The highest BCUT2D eigenvalue weighted by molar-refractivity contribution is 5.83. The summed E-state index contributed by atoms with van der Waals surface area (Å²) < 4.78 is 17.6. The first-order chi connectivity index (χ1) is 18.1. The summed E-state index contributed by atoms with van der Waals surface area (Å²) in [6, 6.07) is 16.8. The molecular formula is C32H41NO4. The second-order valence-electron chi connectivity index (χ2n) is 12.0. The first kappa shape index (κ1) is 24.8. The molecule has 2 saturated carbocycles. The molecule has 5 nitrogen and oxygen atoms in total. The molecule has 0 aromatic heterocycles. The van der Waals surface area contributed by atoms with Crippen LogP contribution in [0.3, 0.4) is 0 Å². The van der Waals surface area contributed by atoms with E-state index >= 15 is 0 Å². The highest BCUT2D eigenvalue weighted by atomic mass is 16.7. The SMILES string of the molecule is C[C@]1(OC(=O)C2(c3ccccc3)CCCCCC2)CC2CCN(CCc3ccc4c(c3)OCO4)CCC21. The Morgan fingerprint density at radius 1 is 0.973 bits per heavy atom. The number of fused-ring (bicyclic) bond motifs is 2. The molecule has 0 radical (unpaired) electrons. The Labute approximate surface area is 221 Å². The van der Waals surface area contributed by atoms with Gasteiger partial charge in [-0.1, -0.05) is 62.1 Å². The minimum atomic E-state index is -0.479. The maximum atomic E-state index is 14.0. The maximum Gasteiger partial charge on any atom is 0.317 e. The van der Waals surface area contributed by atoms with Gasteiger partial charge >= 0.3 is 5.97 Å². The number of esters is 1. The molecule has 3 atom stereocenters. The molecule has 2 heterocycles. The number of hydrogen-bond acceptors (Lipinski definition) is 5. The number of rotatable bonds is 6. The Hall–Kier alpha value is -2.53. The van der Waals surface area contributed by atoms with Gasteiger partial charge in [0.15, 0.2) is 11.5 Å². The fourth-order valence-electron chi connectivity index (χ4n) is 7.51. The number of ether oxygens (including phenoxy) is 3. The van der Waals surface area contributed by atoms with Crippen LogP contribution in [0.4, 0.5) is 0 Å². The smallest absolute Gasteiger partial charge is 0.317 e. The molecule has 198 valence electrons. The van der Waals surface area contributed by atoms with E-state index in [1.807, 2.05) is 12.1 Å². The third-order valence-corrected chi connectivity index (χ3v) is 9.75. The molecule has 37 heavy (non-hydrogen) atoms. The van der Waals surface area contributed by atoms with Crippen molar-refractivity contribution >= 4 is 5.97 Å². The zero-order chi connectivity index (χ0) is 25.3. The fourth-order valence-corrected chi connectivity index (χ4v) is 7.51. The molecule has 1 saturated heterocycles. The van der Waals surface area contributed by atoms with Crippen LogP contribution in [0.2, 0.25) is 0 Å². The Morgan fingerprint density at radius 3 is 2.54 bits per heavy atom. The van der Waals surface area contributed by atoms with Gasteiger partial charge in [0, 0.05) is 12.5 Å². The maximum absolute atomic E-state index is 14.0. The summed E-state index contributed by atoms with van der Waals surface area (Å²) in [6.07, 6.45) is 10.8. The van der Waals surface area contributed by atoms with Crippen molar-refractivity contribution in [2.45, 2.75) is 82.1 Å². The molecule has 6 rings (SSSR count). The van der Waals surface area contributed by atoms with Gasteiger partial charge in [-0.3, -0.25) is 4.79 Å². The Kier molecular flexibility index (Phi) is 6.91. The van der Waals surface area contributed by atoms with Gasteiger partial charge in [0.2, 0.25) is 6.79 Å². The van der Waals surface area contributed by atoms with Gasteiger partial charge in [-0.05, 0) is 87.7 Å². The number of hydrogen-bond donors (Lipinski definition) is 0. The molecule has 2 aliphatic heterocycles. The van der Waals surface area contributed by atoms with E-state index in [4.69, 9.17) is 14.2 Å². The average molecular weight is 504 g/mol. The predicted molar refractivity (Wildman–Crippen MR) is 144 cm³/mol. The monoisotopic (exact) mass is 503 g/mol. The summed E-state index contributed by atoms with van der Waals surface area (Å²) in [7, 11) is 0. The summed E-state index contributed by atoms with van der Waals surface area (Å²) in [4.78, 5) is 16.6. The van der Waals surface area contributed by atoms with E-state index in [1.165, 1.54) is 24.8 Å². The topological polar surface area (TPSA) is 48.0 Å². The summed E-state index contributed by atoms with van der Waals surface area (Å²) in [5, 5.41) is 0. The summed E-state index contributed by atoms with van der Waals surface area (Å²) in [6.45, 7) is 5.78. The van der Waals surface area contributed by atoms with Crippen LogP contribution in [-0.4, -0.2) is 42.9 Å². The van der Waals surface area contributed by atoms with E-state index in [9.17, 15) is 4.79 Å². The average Bonchev–Trinajstić information content (AvgIpc) is 3.12. The number of benzene rings is 2. The van der Waals surface area contributed by atoms with Crippen molar-refractivity contribution in [2.24, 2.45) is 11.8 Å². The fraction of sp³-hybridized carbons (Fsp3) is 0.594. The molecule has 0 bridgehead atoms. The zero-order valence-corrected chi connectivity index (χ0v) is 22.3. The Balaban J connectivity index is 1.09. The lowest BCUT2D eigenvalue weighted by Crippen LogP contribution is -2.56. The van der Waals surface area contributed by atoms with E-state index < -0.39 is 5.41 Å². The number of likely N-dealkylation sites (tertiary alicyclic amines) is 1. The van der Waals surface area contributed by atoms with Crippen LogP contribution >= 0.6 is 0 Å². The van der Waals surface area contributed by atoms with Gasteiger partial charge in [0.1, 0.15) is 5.60 Å². The van der Waals surface area contributed by atoms with Crippen LogP contribution < -0.4 is 9.47 Å². The lowest BCUT2D eigenvalue weighted by atomic mass is 9.59. The molecule has 0 spiro atoms. The number of nitrogens with zero attached hydrogens (tertiary/aromatic N) is 1. The van der Waals surface area contributed by atoms with E-state index in [-0.39, 0.29) is 11.6 Å². The molecule has 2 aliphatic carbocycles. The van der Waals surface area contributed by atoms with E-state index in [0.717, 1.165) is 81.6 Å². The van der Waals surface area contributed by atoms with Gasteiger partial charge in [-0.25, -0.2) is 0 Å². The summed E-state index contributed by atoms with van der Waals surface area (Å²) >= 11 is 0. The molecule has 5 heteroatoms. The van der Waals surface area contributed by atoms with Gasteiger partial charge in [0.25, 0.3) is 0 Å². The van der Waals surface area contributed by atoms with Crippen LogP contribution in [0, 0.1) is 11.8 Å². The molecule has 0 amide bonds. The second-order valence-corrected chi connectivity index (χ2v) is 12.0. The quantitative estimate of drug-likeness (QED) is 0.343. The van der Waals surface area contributed by atoms with Crippen molar-refractivity contribution in [2.75, 3.05) is 26.4 Å². The third kappa shape index (κ3) is 4.87. The van der Waals surface area contributed by atoms with Crippen LogP contribution in [-0.2, 0) is 21.4 Å². The Morgan fingerprint density at radius 2 is 1.73 bits per heavy atom. The van der Waals surface area contributed by atoms with Crippen LogP contribution in [0.25, 0.3) is 0 Å². The standard InChI is InChI=1S/C32H41NO4/c1-31(37-30(34)32(16-7-2-3-8-17-32)26-9-5-4-6-10-26)22-25-14-19-33(20-15-27(25)31)18-13-24-11-12-28-29(21-24)36-23-35-28/h4-6,9-12,21,25,27H,2-3,7-8,13-20,22-23H2,1H3/t25?,27?,31-/m0/s1. The van der Waals surface area contributed by atoms with Crippen LogP contribution in [0.1, 0.15) is 75.8 Å². The van der Waals surface area contributed by atoms with Gasteiger partial charge in [0.05, 0.1) is 5.41 Å². The first-order valence-corrected chi connectivity index (χ1v) is 14.5. The minimum Gasteiger partial charge on any atom is -0.458 e. The van der Waals surface area contributed by atoms with Crippen molar-refractivity contribution in [3.05, 3.63) is 59.7 Å². The molecule has 0 N–H and O–H groups in total. The van der Waals surface area contributed by atoms with E-state index in [2.05, 4.69) is 48.2 Å². The van der Waals surface area contributed by atoms with Gasteiger partial charge in [-0.15, -0.1) is 0 Å². The highest BCUT2D eigenvalue weighted by Crippen LogP contribution is 2.53. The largest absolute Gasteiger partial charge is 0.458 e. The number of carbonyl (C=O) groups excluding carboxylic acids is 1. The molecule has 4 aliphatic rings. The molecule has 2 aromatic carbocycles. The molecule has 3 fully saturated rings. The predicted octanol–water partition coefficient (Wildman–Crippen LogP) is 6.28. The minimum absolute atomic E-state index is 0.0328. The summed E-state index contributed by atoms with van der Waals surface area (Å²) in [5.74, 6) is 2.87. The number of carbonyl (C=O) groups is 1. The van der Waals surface area contributed by atoms with Crippen molar-refractivity contribution < 1.29 is 19.0 Å². The summed E-state index contributed by atoms with van der Waals surface area (Å²) in [5.41, 5.74) is 1.64. The normalized spacial score (nSPS) is 28.9. The highest BCUT2D eigenvalue weighted by Gasteiger charge is 2.55. The zero-order valence-electron chi connectivity index (χ0n) is 22.3. The van der Waals surface area contributed by atoms with Crippen molar-refractivity contribution in [3.63, 3.8) is 0 Å². The van der Waals surface area contributed by atoms with Crippen molar-refractivity contribution in [1.82, 2.24) is 4.90 Å². The van der Waals surface area contributed by atoms with E-state index in [1.54, 1.807) is 0 Å². The lowest BCUT2D eigenvalue weighted by molar-refractivity contribution is -0.198. The molecule has 2 unspecified atom stereocenters. The molecule has 2 aromatic rings. The van der Waals surface area contributed by atoms with Gasteiger partial charge < -0.3 is 19.1 Å². The second kappa shape index (κ2) is 10.3. The van der Waals surface area contributed by atoms with Crippen LogP contribution in [0.5, 0.6) is 11.5 Å². The van der Waals surface area contributed by atoms with Crippen molar-refractivity contribution in [1.29, 1.82) is 0 Å². The van der Waals surface area contributed by atoms with Crippen molar-refractivity contribution in [3.8, 4) is 11.5 Å². The lowest BCUT2D eigenvalue weighted by Gasteiger charge is -2.53. The third-order valence-electron chi connectivity index (χ3n) is 9.75. The Bertz CT molecular complexity index is 1090. The van der Waals surface area contributed by atoms with Gasteiger partial charge in [-0.2, -0.15) is 0 Å². The van der Waals surface area contributed by atoms with Crippen LogP contribution in [0.15, 0.2) is 48.5 Å². The first-order valence-electron chi connectivity index (χ1n) is 14.5.